The third kappa shape index (κ3) is 7.97. The van der Waals surface area contributed by atoms with Crippen molar-refractivity contribution in [3.05, 3.63) is 41.5 Å². The van der Waals surface area contributed by atoms with Crippen molar-refractivity contribution < 1.29 is 19.4 Å². The predicted molar refractivity (Wildman–Crippen MR) is 86.5 cm³/mol. The Kier molecular flexibility index (Phi) is 8.08. The number of hydrogen-bond donors (Lipinski definition) is 3. The van der Waals surface area contributed by atoms with E-state index in [1.807, 2.05) is 0 Å². The first-order valence-corrected chi connectivity index (χ1v) is 6.27. The van der Waals surface area contributed by atoms with Crippen molar-refractivity contribution >= 4 is 53.5 Å². The van der Waals surface area contributed by atoms with Gasteiger partial charge in [0.25, 0.3) is 0 Å². The van der Waals surface area contributed by atoms with Crippen LogP contribution in [0.4, 0.5) is 4.79 Å². The van der Waals surface area contributed by atoms with E-state index in [9.17, 15) is 9.59 Å². The van der Waals surface area contributed by atoms with Gasteiger partial charge in [0.2, 0.25) is 0 Å². The predicted octanol–water partition coefficient (Wildman–Crippen LogP) is 1.99. The van der Waals surface area contributed by atoms with Crippen molar-refractivity contribution in [2.24, 2.45) is 0 Å². The Hall–Kier alpha value is -1.63. The zero-order valence-electron chi connectivity index (χ0n) is 12.1. The zero-order valence-corrected chi connectivity index (χ0v) is 12.1. The molecule has 0 unspecified atom stereocenters. The molecule has 0 saturated carbocycles. The number of rotatable bonds is 3. The van der Waals surface area contributed by atoms with Crippen LogP contribution in [0.15, 0.2) is 30.3 Å². The molecule has 6 nitrogen and oxygen atoms in total. The first-order chi connectivity index (χ1) is 9.67. The van der Waals surface area contributed by atoms with Gasteiger partial charge in [-0.15, -0.1) is 0 Å². The van der Waals surface area contributed by atoms with Gasteiger partial charge < -0.3 is 9.84 Å². The molecule has 22 heavy (non-hydrogen) atoms. The number of nitrogens with one attached hydrogen (secondary N) is 2. The maximum absolute atomic E-state index is 11.5. The third-order valence-electron chi connectivity index (χ3n) is 2.24. The third-order valence-corrected chi connectivity index (χ3v) is 2.24. The second-order valence-electron chi connectivity index (χ2n) is 5.30. The summed E-state index contributed by atoms with van der Waals surface area (Å²) in [5.41, 5.74) is 0.551. The van der Waals surface area contributed by atoms with Crippen molar-refractivity contribution in [1.82, 2.24) is 5.32 Å². The molecule has 1 aromatic rings. The Morgan fingerprint density at radius 3 is 2.23 bits per heavy atom. The van der Waals surface area contributed by atoms with Gasteiger partial charge in [0.05, 0.1) is 0 Å². The molecule has 0 aromatic heterocycles. The van der Waals surface area contributed by atoms with E-state index in [0.717, 1.165) is 6.08 Å². The number of amidine groups is 1. The van der Waals surface area contributed by atoms with Crippen LogP contribution in [0.25, 0.3) is 6.08 Å². The van der Waals surface area contributed by atoms with E-state index in [0.29, 0.717) is 11.1 Å². The Bertz CT molecular complexity index is 574. The quantitative estimate of drug-likeness (QED) is 0.344. The molecule has 1 rings (SSSR count). The van der Waals surface area contributed by atoms with E-state index in [-0.39, 0.29) is 35.4 Å². The number of ether oxygens (including phenoxy) is 1. The monoisotopic (exact) mass is 314 g/mol. The number of carbonyl (C=O) groups is 2. The van der Waals surface area contributed by atoms with Crippen LogP contribution < -0.4 is 5.32 Å². The molecule has 0 aliphatic carbocycles. The van der Waals surface area contributed by atoms with Gasteiger partial charge in [-0.25, -0.2) is 9.59 Å². The van der Waals surface area contributed by atoms with Crippen molar-refractivity contribution in [2.45, 2.75) is 26.4 Å². The van der Waals surface area contributed by atoms with Crippen LogP contribution in [0.1, 0.15) is 31.9 Å². The molecule has 0 fully saturated rings. The number of hydrogen-bond acceptors (Lipinski definition) is 4. The molecule has 0 radical (unpaired) electrons. The van der Waals surface area contributed by atoms with E-state index in [1.165, 1.54) is 6.08 Å². The Morgan fingerprint density at radius 2 is 1.77 bits per heavy atom. The van der Waals surface area contributed by atoms with Crippen LogP contribution in [-0.2, 0) is 9.53 Å². The summed E-state index contributed by atoms with van der Waals surface area (Å²) in [4.78, 5) is 21.9. The van der Waals surface area contributed by atoms with Gasteiger partial charge in [0.15, 0.2) is 0 Å². The second-order valence-corrected chi connectivity index (χ2v) is 5.30. The van der Waals surface area contributed by atoms with Gasteiger partial charge in [-0.05, 0) is 32.4 Å². The molecule has 3 N–H and O–H groups in total. The molecule has 1 amide bonds. The first-order valence-electron chi connectivity index (χ1n) is 6.27. The molecule has 0 aliphatic heterocycles. The molecule has 0 atom stereocenters. The van der Waals surface area contributed by atoms with Gasteiger partial charge in [-0.2, -0.15) is 0 Å². The summed E-state index contributed by atoms with van der Waals surface area (Å²) in [5, 5.41) is 18.6. The Labute approximate surface area is 151 Å². The molecule has 0 aliphatic rings. The van der Waals surface area contributed by atoms with E-state index in [4.69, 9.17) is 15.3 Å². The average molecular weight is 314 g/mol. The van der Waals surface area contributed by atoms with Crippen molar-refractivity contribution in [3.8, 4) is 0 Å². The molecule has 0 saturated heterocycles. The Morgan fingerprint density at radius 1 is 1.23 bits per heavy atom. The fourth-order valence-corrected chi connectivity index (χ4v) is 1.41. The molecule has 1 aromatic carbocycles. The number of carboxylic acids is 1. The van der Waals surface area contributed by atoms with E-state index in [1.54, 1.807) is 45.0 Å². The van der Waals surface area contributed by atoms with Crippen molar-refractivity contribution in [3.63, 3.8) is 0 Å². The molecule has 0 bridgehead atoms. The van der Waals surface area contributed by atoms with Crippen LogP contribution >= 0.6 is 0 Å². The summed E-state index contributed by atoms with van der Waals surface area (Å²) in [5.74, 6) is -1.11. The van der Waals surface area contributed by atoms with Gasteiger partial charge in [0.1, 0.15) is 11.4 Å². The van der Waals surface area contributed by atoms with E-state index >= 15 is 0 Å². The molecular weight excluding hydrogens is 295 g/mol. The van der Waals surface area contributed by atoms with E-state index in [2.05, 4.69) is 5.32 Å². The summed E-state index contributed by atoms with van der Waals surface area (Å²) in [6.45, 7) is 5.21. The molecule has 0 spiro atoms. The molecule has 7 heteroatoms. The van der Waals surface area contributed by atoms with Gasteiger partial charge in [-0.1, -0.05) is 24.3 Å². The number of benzene rings is 1. The normalized spacial score (nSPS) is 10.7. The SMILES string of the molecule is CC(C)(C)OC(=O)NC(=N)c1ccc(/C=C/C(=O)O)cc1.[NaH]. The molecular formula is C15H19N2NaO4. The summed E-state index contributed by atoms with van der Waals surface area (Å²) >= 11 is 0. The zero-order chi connectivity index (χ0) is 16.0. The number of carboxylic acid groups (broad SMARTS) is 1. The standard InChI is InChI=1S/C15H18N2O4.Na.H/c1-15(2,3)21-14(20)17-13(16)11-7-4-10(5-8-11)6-9-12(18)19;;/h4-9H,1-3H3,(H,18,19)(H2,16,17,20);;/b9-6+;;. The van der Waals surface area contributed by atoms with Crippen LogP contribution in [-0.4, -0.2) is 58.2 Å². The van der Waals surface area contributed by atoms with Crippen molar-refractivity contribution in [2.75, 3.05) is 0 Å². The van der Waals surface area contributed by atoms with Crippen LogP contribution in [0, 0.1) is 5.41 Å². The number of aliphatic carboxylic acids is 1. The van der Waals surface area contributed by atoms with Gasteiger partial charge >= 0.3 is 41.6 Å². The first kappa shape index (κ1) is 20.4. The minimum atomic E-state index is -1.03. The molecule has 0 heterocycles. The topological polar surface area (TPSA) is 99.5 Å². The number of amides is 1. The summed E-state index contributed by atoms with van der Waals surface area (Å²) in [6, 6.07) is 6.53. The fourth-order valence-electron chi connectivity index (χ4n) is 1.41. The van der Waals surface area contributed by atoms with Gasteiger partial charge in [-0.3, -0.25) is 10.7 Å². The Balaban J connectivity index is 0.00000441. The van der Waals surface area contributed by atoms with Crippen molar-refractivity contribution in [1.29, 1.82) is 5.41 Å². The number of alkyl carbamates (subject to hydrolysis) is 1. The average Bonchev–Trinajstić information content (AvgIpc) is 2.34. The van der Waals surface area contributed by atoms with Gasteiger partial charge in [0, 0.05) is 11.6 Å². The van der Waals surface area contributed by atoms with Crippen LogP contribution in [0.2, 0.25) is 0 Å². The molecule has 114 valence electrons. The summed E-state index contributed by atoms with van der Waals surface area (Å²) < 4.78 is 5.05. The van der Waals surface area contributed by atoms with Crippen LogP contribution in [0.3, 0.4) is 0 Å². The fraction of sp³-hybridized carbons (Fsp3) is 0.267. The minimum absolute atomic E-state index is 0. The maximum atomic E-state index is 11.5. The van der Waals surface area contributed by atoms with Crippen LogP contribution in [0.5, 0.6) is 0 Å². The summed E-state index contributed by atoms with van der Waals surface area (Å²) in [6.07, 6.45) is 1.78. The van der Waals surface area contributed by atoms with E-state index < -0.39 is 17.7 Å². The summed E-state index contributed by atoms with van der Waals surface area (Å²) in [7, 11) is 0. The number of carbonyl (C=O) groups excluding carboxylic acids is 1. The second kappa shape index (κ2) is 8.73.